The van der Waals surface area contributed by atoms with Crippen LogP contribution in [-0.4, -0.2) is 11.8 Å². The van der Waals surface area contributed by atoms with Gasteiger partial charge in [-0.2, -0.15) is 0 Å². The van der Waals surface area contributed by atoms with Gasteiger partial charge in [-0.25, -0.2) is 4.79 Å². The van der Waals surface area contributed by atoms with Crippen molar-refractivity contribution >= 4 is 41.0 Å². The number of benzene rings is 2. The van der Waals surface area contributed by atoms with Crippen LogP contribution < -0.4 is 4.74 Å². The summed E-state index contributed by atoms with van der Waals surface area (Å²) in [6.07, 6.45) is 2.74. The van der Waals surface area contributed by atoms with Crippen LogP contribution in [0.25, 0.3) is 6.08 Å². The van der Waals surface area contributed by atoms with Gasteiger partial charge in [0, 0.05) is 27.2 Å². The van der Waals surface area contributed by atoms with Crippen molar-refractivity contribution in [2.45, 2.75) is 6.92 Å². The molecule has 0 saturated heterocycles. The van der Waals surface area contributed by atoms with Crippen LogP contribution in [0.15, 0.2) is 48.5 Å². The lowest BCUT2D eigenvalue weighted by molar-refractivity contribution is -0.128. The lowest BCUT2D eigenvalue weighted by Gasteiger charge is -2.03. The van der Waals surface area contributed by atoms with Crippen molar-refractivity contribution in [3.05, 3.63) is 69.7 Å². The van der Waals surface area contributed by atoms with E-state index in [0.29, 0.717) is 26.9 Å². The van der Waals surface area contributed by atoms with Gasteiger partial charge in [0.25, 0.3) is 0 Å². The monoisotopic (exact) mass is 334 g/mol. The van der Waals surface area contributed by atoms with E-state index in [0.717, 1.165) is 0 Å². The predicted octanol–water partition coefficient (Wildman–Crippen LogP) is 4.81. The van der Waals surface area contributed by atoms with Crippen molar-refractivity contribution in [1.82, 2.24) is 0 Å². The van der Waals surface area contributed by atoms with E-state index in [-0.39, 0.29) is 5.78 Å². The smallest absolute Gasteiger partial charge is 0.336 e. The second-order valence-electron chi connectivity index (χ2n) is 4.47. The Hall–Kier alpha value is -2.10. The first-order valence-corrected chi connectivity index (χ1v) is 7.18. The first-order chi connectivity index (χ1) is 10.5. The molecule has 0 amide bonds. The normalized spacial score (nSPS) is 10.7. The summed E-state index contributed by atoms with van der Waals surface area (Å²) >= 11 is 12.0. The topological polar surface area (TPSA) is 43.4 Å². The fourth-order valence-electron chi connectivity index (χ4n) is 1.73. The Morgan fingerprint density at radius 2 is 1.59 bits per heavy atom. The zero-order valence-corrected chi connectivity index (χ0v) is 13.2. The lowest BCUT2D eigenvalue weighted by Crippen LogP contribution is -2.04. The van der Waals surface area contributed by atoms with E-state index in [9.17, 15) is 9.59 Å². The van der Waals surface area contributed by atoms with E-state index in [1.807, 2.05) is 0 Å². The molecule has 0 spiro atoms. The molecule has 0 bridgehead atoms. The van der Waals surface area contributed by atoms with Crippen LogP contribution in [0.4, 0.5) is 0 Å². The van der Waals surface area contributed by atoms with Gasteiger partial charge in [-0.1, -0.05) is 29.3 Å². The lowest BCUT2D eigenvalue weighted by atomic mass is 10.1. The summed E-state index contributed by atoms with van der Waals surface area (Å²) in [6, 6.07) is 11.4. The number of rotatable bonds is 4. The molecule has 2 rings (SSSR count). The molecule has 2 aromatic rings. The number of hydrogen-bond donors (Lipinski definition) is 0. The summed E-state index contributed by atoms with van der Waals surface area (Å²) in [5, 5.41) is 0.893. The molecule has 5 heteroatoms. The highest BCUT2D eigenvalue weighted by atomic mass is 35.5. The number of ether oxygens (including phenoxy) is 1. The minimum Gasteiger partial charge on any atom is -0.423 e. The molecule has 0 aliphatic heterocycles. The quantitative estimate of drug-likeness (QED) is 0.348. The minimum atomic E-state index is -0.563. The van der Waals surface area contributed by atoms with Gasteiger partial charge in [0.1, 0.15) is 5.75 Å². The molecule has 0 radical (unpaired) electrons. The van der Waals surface area contributed by atoms with Crippen molar-refractivity contribution in [2.75, 3.05) is 0 Å². The predicted molar refractivity (Wildman–Crippen MR) is 87.6 cm³/mol. The zero-order valence-electron chi connectivity index (χ0n) is 11.7. The Labute approximate surface area is 138 Å². The zero-order chi connectivity index (χ0) is 16.1. The number of ketones is 1. The fraction of sp³-hybridized carbons (Fsp3) is 0.0588. The highest BCUT2D eigenvalue weighted by Gasteiger charge is 2.05. The molecule has 0 aromatic heterocycles. The van der Waals surface area contributed by atoms with Gasteiger partial charge in [-0.3, -0.25) is 4.79 Å². The van der Waals surface area contributed by atoms with Gasteiger partial charge in [0.2, 0.25) is 0 Å². The molecule has 0 atom stereocenters. The molecule has 2 aromatic carbocycles. The van der Waals surface area contributed by atoms with Crippen molar-refractivity contribution in [3.63, 3.8) is 0 Å². The maximum absolute atomic E-state index is 11.8. The molecular formula is C17H12Cl2O3. The Balaban J connectivity index is 2.06. The first kappa shape index (κ1) is 16.3. The molecule has 0 N–H and O–H groups in total. The Bertz CT molecular complexity index is 714. The number of hydrogen-bond acceptors (Lipinski definition) is 3. The van der Waals surface area contributed by atoms with Crippen molar-refractivity contribution in [1.29, 1.82) is 0 Å². The van der Waals surface area contributed by atoms with Crippen molar-refractivity contribution in [2.24, 2.45) is 0 Å². The maximum Gasteiger partial charge on any atom is 0.336 e. The van der Waals surface area contributed by atoms with Crippen LogP contribution in [0.3, 0.4) is 0 Å². The van der Waals surface area contributed by atoms with E-state index in [4.69, 9.17) is 27.9 Å². The highest BCUT2D eigenvalue weighted by Crippen LogP contribution is 2.25. The summed E-state index contributed by atoms with van der Waals surface area (Å²) in [4.78, 5) is 22.9. The van der Waals surface area contributed by atoms with E-state index >= 15 is 0 Å². The third kappa shape index (κ3) is 4.20. The summed E-state index contributed by atoms with van der Waals surface area (Å²) in [7, 11) is 0. The number of carbonyl (C=O) groups is 2. The molecule has 0 aliphatic carbocycles. The second-order valence-corrected chi connectivity index (χ2v) is 5.28. The number of halogens is 2. The number of carbonyl (C=O) groups excluding carboxylic acids is 2. The largest absolute Gasteiger partial charge is 0.423 e. The van der Waals surface area contributed by atoms with Crippen LogP contribution in [0.2, 0.25) is 10.0 Å². The SMILES string of the molecule is CC(=O)c1ccc(OC(=O)/C=C/c2c(Cl)cccc2Cl)cc1. The Kier molecular flexibility index (Phi) is 5.36. The number of Topliss-reactive ketones (excluding diaryl/α,β-unsaturated/α-hetero) is 1. The molecule has 0 fully saturated rings. The van der Waals surface area contributed by atoms with Gasteiger partial charge < -0.3 is 4.74 Å². The first-order valence-electron chi connectivity index (χ1n) is 6.42. The fourth-order valence-corrected chi connectivity index (χ4v) is 2.25. The molecule has 0 aliphatic rings. The highest BCUT2D eigenvalue weighted by molar-refractivity contribution is 6.37. The van der Waals surface area contributed by atoms with Crippen LogP contribution in [0, 0.1) is 0 Å². The van der Waals surface area contributed by atoms with Gasteiger partial charge in [0.15, 0.2) is 5.78 Å². The minimum absolute atomic E-state index is 0.0499. The Morgan fingerprint density at radius 3 is 2.14 bits per heavy atom. The van der Waals surface area contributed by atoms with Crippen LogP contribution in [0.5, 0.6) is 5.75 Å². The van der Waals surface area contributed by atoms with Crippen LogP contribution >= 0.6 is 23.2 Å². The molecule has 0 saturated carbocycles. The standard InChI is InChI=1S/C17H12Cl2O3/c1-11(20)12-5-7-13(8-6-12)22-17(21)10-9-14-15(18)3-2-4-16(14)19/h2-10H,1H3/b10-9+. The van der Waals surface area contributed by atoms with E-state index in [1.165, 1.54) is 19.1 Å². The average Bonchev–Trinajstić information content (AvgIpc) is 2.47. The maximum atomic E-state index is 11.8. The molecule has 22 heavy (non-hydrogen) atoms. The summed E-state index contributed by atoms with van der Waals surface area (Å²) < 4.78 is 5.13. The Morgan fingerprint density at radius 1 is 1.00 bits per heavy atom. The van der Waals surface area contributed by atoms with Gasteiger partial charge in [-0.15, -0.1) is 0 Å². The summed E-state index contributed by atoms with van der Waals surface area (Å²) in [6.45, 7) is 1.47. The van der Waals surface area contributed by atoms with E-state index in [2.05, 4.69) is 0 Å². The third-order valence-corrected chi connectivity index (χ3v) is 3.52. The number of esters is 1. The van der Waals surface area contributed by atoms with Crippen LogP contribution in [0.1, 0.15) is 22.8 Å². The van der Waals surface area contributed by atoms with E-state index in [1.54, 1.807) is 42.5 Å². The molecule has 112 valence electrons. The van der Waals surface area contributed by atoms with Gasteiger partial charge in [0.05, 0.1) is 0 Å². The van der Waals surface area contributed by atoms with Crippen molar-refractivity contribution in [3.8, 4) is 5.75 Å². The molecule has 0 unspecified atom stereocenters. The summed E-state index contributed by atoms with van der Waals surface area (Å²) in [5.41, 5.74) is 1.10. The van der Waals surface area contributed by atoms with Gasteiger partial charge >= 0.3 is 5.97 Å². The molecular weight excluding hydrogens is 323 g/mol. The van der Waals surface area contributed by atoms with E-state index < -0.39 is 5.97 Å². The molecule has 3 nitrogen and oxygen atoms in total. The van der Waals surface area contributed by atoms with Crippen molar-refractivity contribution < 1.29 is 14.3 Å². The molecule has 0 heterocycles. The van der Waals surface area contributed by atoms with Gasteiger partial charge in [-0.05, 0) is 49.4 Å². The average molecular weight is 335 g/mol. The summed E-state index contributed by atoms with van der Waals surface area (Å²) in [5.74, 6) is -0.261. The van der Waals surface area contributed by atoms with Crippen LogP contribution in [-0.2, 0) is 4.79 Å². The second kappa shape index (κ2) is 7.25. The third-order valence-electron chi connectivity index (χ3n) is 2.87.